The van der Waals surface area contributed by atoms with Crippen LogP contribution in [-0.2, 0) is 13.0 Å². The summed E-state index contributed by atoms with van der Waals surface area (Å²) in [7, 11) is 0. The Labute approximate surface area is 161 Å². The second-order valence-corrected chi connectivity index (χ2v) is 8.33. The van der Waals surface area contributed by atoms with Crippen molar-refractivity contribution in [2.45, 2.75) is 47.6 Å². The van der Waals surface area contributed by atoms with Gasteiger partial charge in [-0.15, -0.1) is 11.3 Å². The van der Waals surface area contributed by atoms with Crippen LogP contribution in [0, 0.1) is 19.8 Å². The molecule has 0 aliphatic rings. The molecule has 27 heavy (non-hydrogen) atoms. The van der Waals surface area contributed by atoms with Gasteiger partial charge in [0.1, 0.15) is 10.7 Å². The van der Waals surface area contributed by atoms with E-state index in [9.17, 15) is 9.59 Å². The summed E-state index contributed by atoms with van der Waals surface area (Å²) in [5.74, 6) is 1.35. The largest absolute Gasteiger partial charge is 0.488 e. The summed E-state index contributed by atoms with van der Waals surface area (Å²) in [4.78, 5) is 35.1. The Hall–Kier alpha value is -2.41. The first kappa shape index (κ1) is 19.4. The molecule has 0 unspecified atom stereocenters. The molecule has 3 rings (SSSR count). The number of nitrogens with zero attached hydrogens (tertiary/aromatic N) is 2. The predicted molar refractivity (Wildman–Crippen MR) is 109 cm³/mol. The highest BCUT2D eigenvalue weighted by atomic mass is 32.1. The number of thiophene rings is 1. The lowest BCUT2D eigenvalue weighted by molar-refractivity contribution is 0.267. The lowest BCUT2D eigenvalue weighted by Crippen LogP contribution is -2.26. The van der Waals surface area contributed by atoms with E-state index in [1.807, 2.05) is 34.6 Å². The molecule has 0 amide bonds. The number of rotatable bonds is 6. The summed E-state index contributed by atoms with van der Waals surface area (Å²) in [5, 5.41) is 0.675. The van der Waals surface area contributed by atoms with Crippen molar-refractivity contribution in [2.24, 2.45) is 5.92 Å². The van der Waals surface area contributed by atoms with E-state index in [1.54, 1.807) is 22.1 Å². The molecule has 1 N–H and O–H groups in total. The molecule has 0 radical (unpaired) electrons. The van der Waals surface area contributed by atoms with E-state index in [0.717, 1.165) is 21.1 Å². The molecule has 0 aliphatic heterocycles. The third-order valence-corrected chi connectivity index (χ3v) is 5.62. The molecule has 0 atom stereocenters. The first-order valence-electron chi connectivity index (χ1n) is 9.15. The minimum atomic E-state index is -0.188. The first-order chi connectivity index (χ1) is 12.8. The Balaban J connectivity index is 2.00. The van der Waals surface area contributed by atoms with Crippen LogP contribution in [0.4, 0.5) is 0 Å². The van der Waals surface area contributed by atoms with Crippen molar-refractivity contribution in [1.82, 2.24) is 14.5 Å². The fourth-order valence-electron chi connectivity index (χ4n) is 2.93. The number of aromatic amines is 1. The smallest absolute Gasteiger partial charge is 0.262 e. The molecule has 0 aromatic carbocycles. The van der Waals surface area contributed by atoms with Crippen LogP contribution >= 0.6 is 11.3 Å². The van der Waals surface area contributed by atoms with Crippen molar-refractivity contribution in [1.29, 1.82) is 0 Å². The van der Waals surface area contributed by atoms with Gasteiger partial charge in [0, 0.05) is 29.3 Å². The summed E-state index contributed by atoms with van der Waals surface area (Å²) in [6.07, 6.45) is 2.21. The molecule has 3 aromatic rings. The van der Waals surface area contributed by atoms with Crippen LogP contribution in [0.1, 0.15) is 42.7 Å². The van der Waals surface area contributed by atoms with Gasteiger partial charge in [0.05, 0.1) is 18.5 Å². The molecule has 7 heteroatoms. The zero-order valence-electron chi connectivity index (χ0n) is 16.4. The molecular formula is C20H25N3O3S. The minimum Gasteiger partial charge on any atom is -0.488 e. The summed E-state index contributed by atoms with van der Waals surface area (Å²) in [5.41, 5.74) is 1.39. The molecule has 144 valence electrons. The van der Waals surface area contributed by atoms with Gasteiger partial charge in [-0.1, -0.05) is 20.8 Å². The third-order valence-electron chi connectivity index (χ3n) is 4.52. The average molecular weight is 388 g/mol. The van der Waals surface area contributed by atoms with Crippen LogP contribution in [0.2, 0.25) is 0 Å². The number of hydrogen-bond acceptors (Lipinski definition) is 5. The summed E-state index contributed by atoms with van der Waals surface area (Å²) in [6, 6.07) is 1.50. The second-order valence-electron chi connectivity index (χ2n) is 7.13. The number of ether oxygens (including phenoxy) is 1. The number of aryl methyl sites for hydroxylation is 3. The molecule has 3 aromatic heterocycles. The van der Waals surface area contributed by atoms with Crippen molar-refractivity contribution in [3.8, 4) is 5.75 Å². The predicted octanol–water partition coefficient (Wildman–Crippen LogP) is 3.41. The average Bonchev–Trinajstić information content (AvgIpc) is 2.90. The fourth-order valence-corrected chi connectivity index (χ4v) is 3.97. The quantitative estimate of drug-likeness (QED) is 0.703. The van der Waals surface area contributed by atoms with Gasteiger partial charge < -0.3 is 9.72 Å². The highest BCUT2D eigenvalue weighted by molar-refractivity contribution is 7.18. The number of hydrogen-bond donors (Lipinski definition) is 1. The highest BCUT2D eigenvalue weighted by Crippen LogP contribution is 2.26. The third kappa shape index (κ3) is 3.83. The SMILES string of the molecule is CCc1nc2sc(C)c(C)c2c(=O)n1Cc1cc(=O)c(OCC(C)C)c[nH]1. The van der Waals surface area contributed by atoms with Gasteiger partial charge >= 0.3 is 0 Å². The molecule has 0 fully saturated rings. The van der Waals surface area contributed by atoms with Gasteiger partial charge in [-0.2, -0.15) is 0 Å². The number of fused-ring (bicyclic) bond motifs is 1. The molecular weight excluding hydrogens is 362 g/mol. The fraction of sp³-hybridized carbons (Fsp3) is 0.450. The summed E-state index contributed by atoms with van der Waals surface area (Å²) >= 11 is 1.55. The van der Waals surface area contributed by atoms with Crippen LogP contribution < -0.4 is 15.7 Å². The minimum absolute atomic E-state index is 0.0558. The van der Waals surface area contributed by atoms with E-state index in [2.05, 4.69) is 9.97 Å². The Kier molecular flexibility index (Phi) is 5.51. The monoisotopic (exact) mass is 387 g/mol. The van der Waals surface area contributed by atoms with Crippen LogP contribution in [0.3, 0.4) is 0 Å². The topological polar surface area (TPSA) is 77.0 Å². The maximum atomic E-state index is 13.1. The van der Waals surface area contributed by atoms with Gasteiger partial charge in [0.25, 0.3) is 5.56 Å². The maximum absolute atomic E-state index is 13.1. The Bertz CT molecular complexity index is 1090. The van der Waals surface area contributed by atoms with Gasteiger partial charge in [0.2, 0.25) is 5.43 Å². The molecule has 3 heterocycles. The van der Waals surface area contributed by atoms with Crippen LogP contribution in [-0.4, -0.2) is 21.1 Å². The van der Waals surface area contributed by atoms with Crippen molar-refractivity contribution >= 4 is 21.6 Å². The van der Waals surface area contributed by atoms with E-state index in [0.29, 0.717) is 35.8 Å². The molecule has 6 nitrogen and oxygen atoms in total. The van der Waals surface area contributed by atoms with Crippen molar-refractivity contribution in [3.05, 3.63) is 54.8 Å². The van der Waals surface area contributed by atoms with Crippen molar-refractivity contribution in [3.63, 3.8) is 0 Å². The number of aromatic nitrogens is 3. The standard InChI is InChI=1S/C20H25N3O3S/c1-6-17-22-19-18(12(4)13(5)27-19)20(25)23(17)9-14-7-15(24)16(8-21-14)26-10-11(2)3/h7-8,11H,6,9-10H2,1-5H3,(H,21,24). The number of nitrogens with one attached hydrogen (secondary N) is 1. The maximum Gasteiger partial charge on any atom is 0.262 e. The molecule has 0 saturated heterocycles. The van der Waals surface area contributed by atoms with Crippen LogP contribution in [0.15, 0.2) is 21.9 Å². The normalized spacial score (nSPS) is 11.5. The van der Waals surface area contributed by atoms with E-state index < -0.39 is 0 Å². The molecule has 0 spiro atoms. The lowest BCUT2D eigenvalue weighted by Gasteiger charge is -2.12. The zero-order chi connectivity index (χ0) is 19.7. The van der Waals surface area contributed by atoms with E-state index in [4.69, 9.17) is 4.74 Å². The highest BCUT2D eigenvalue weighted by Gasteiger charge is 2.16. The van der Waals surface area contributed by atoms with Crippen LogP contribution in [0.25, 0.3) is 10.2 Å². The van der Waals surface area contributed by atoms with Gasteiger partial charge in [0.15, 0.2) is 5.75 Å². The van der Waals surface area contributed by atoms with E-state index in [1.165, 1.54) is 6.07 Å². The van der Waals surface area contributed by atoms with Gasteiger partial charge in [-0.25, -0.2) is 4.98 Å². The van der Waals surface area contributed by atoms with Crippen molar-refractivity contribution < 1.29 is 4.74 Å². The first-order valence-corrected chi connectivity index (χ1v) is 9.97. The lowest BCUT2D eigenvalue weighted by atomic mass is 10.2. The molecule has 0 saturated carbocycles. The number of pyridine rings is 1. The Morgan fingerprint density at radius 1 is 1.30 bits per heavy atom. The molecule has 0 aliphatic carbocycles. The Morgan fingerprint density at radius 3 is 2.67 bits per heavy atom. The van der Waals surface area contributed by atoms with Gasteiger partial charge in [-0.3, -0.25) is 14.2 Å². The second kappa shape index (κ2) is 7.68. The summed E-state index contributed by atoms with van der Waals surface area (Å²) in [6.45, 7) is 10.7. The number of H-pyrrole nitrogens is 1. The zero-order valence-corrected chi connectivity index (χ0v) is 17.2. The van der Waals surface area contributed by atoms with Crippen molar-refractivity contribution in [2.75, 3.05) is 6.61 Å². The van der Waals surface area contributed by atoms with Gasteiger partial charge in [-0.05, 0) is 25.3 Å². The Morgan fingerprint density at radius 2 is 2.04 bits per heavy atom. The van der Waals surface area contributed by atoms with Crippen LogP contribution in [0.5, 0.6) is 5.75 Å². The van der Waals surface area contributed by atoms with E-state index >= 15 is 0 Å². The van der Waals surface area contributed by atoms with E-state index in [-0.39, 0.29) is 17.5 Å². The molecule has 0 bridgehead atoms. The summed E-state index contributed by atoms with van der Waals surface area (Å²) < 4.78 is 7.18.